The van der Waals surface area contributed by atoms with Crippen LogP contribution in [0, 0.1) is 0 Å². The van der Waals surface area contributed by atoms with E-state index in [4.69, 9.17) is 0 Å². The summed E-state index contributed by atoms with van der Waals surface area (Å²) in [5, 5.41) is 3.36. The van der Waals surface area contributed by atoms with Crippen molar-refractivity contribution in [2.24, 2.45) is 0 Å². The van der Waals surface area contributed by atoms with Gasteiger partial charge in [-0.25, -0.2) is 0 Å². The van der Waals surface area contributed by atoms with Crippen molar-refractivity contribution in [2.45, 2.75) is 25.8 Å². The zero-order valence-corrected chi connectivity index (χ0v) is 5.41. The Hall–Kier alpha value is -0.300. The normalized spacial score (nSPS) is 28.4. The number of hydrogen-bond donors (Lipinski definition) is 1. The van der Waals surface area contributed by atoms with E-state index in [1.54, 1.807) is 0 Å². The summed E-state index contributed by atoms with van der Waals surface area (Å²) in [7, 11) is 0. The summed E-state index contributed by atoms with van der Waals surface area (Å²) in [5.41, 5.74) is 1.28. The van der Waals surface area contributed by atoms with Crippen molar-refractivity contribution in [3.63, 3.8) is 0 Å². The first-order valence-corrected chi connectivity index (χ1v) is 3.19. The molecule has 0 spiro atoms. The summed E-state index contributed by atoms with van der Waals surface area (Å²) in [6.45, 7) is 7.14. The highest BCUT2D eigenvalue weighted by atomic mass is 14.9. The molecular weight excluding hydrogens is 98.1 g/mol. The maximum Gasteiger partial charge on any atom is 0.0274 e. The third kappa shape index (κ3) is 1.10. The Balaban J connectivity index is 2.35. The molecule has 1 atom stereocenters. The van der Waals surface area contributed by atoms with Crippen molar-refractivity contribution in [3.05, 3.63) is 12.2 Å². The lowest BCUT2D eigenvalue weighted by atomic mass is 10.1. The van der Waals surface area contributed by atoms with Crippen LogP contribution in [-0.4, -0.2) is 12.6 Å². The molecule has 0 aromatic rings. The Morgan fingerprint density at radius 2 is 2.50 bits per heavy atom. The van der Waals surface area contributed by atoms with Crippen LogP contribution in [0.1, 0.15) is 19.8 Å². The second-order valence-corrected chi connectivity index (χ2v) is 2.50. The quantitative estimate of drug-likeness (QED) is 0.503. The molecule has 0 bridgehead atoms. The van der Waals surface area contributed by atoms with E-state index in [1.165, 1.54) is 25.0 Å². The van der Waals surface area contributed by atoms with Gasteiger partial charge in [0, 0.05) is 6.04 Å². The van der Waals surface area contributed by atoms with Gasteiger partial charge in [0.2, 0.25) is 0 Å². The molecule has 1 aliphatic heterocycles. The Kier molecular flexibility index (Phi) is 1.69. The molecule has 1 heterocycles. The molecule has 0 saturated carbocycles. The molecule has 1 aliphatic rings. The molecule has 0 unspecified atom stereocenters. The summed E-state index contributed by atoms with van der Waals surface area (Å²) in [6, 6.07) is 0.620. The Bertz CT molecular complexity index is 90.6. The van der Waals surface area contributed by atoms with Crippen LogP contribution in [0.3, 0.4) is 0 Å². The molecule has 46 valence electrons. The molecule has 0 aliphatic carbocycles. The molecule has 1 rings (SSSR count). The van der Waals surface area contributed by atoms with E-state index >= 15 is 0 Å². The smallest absolute Gasteiger partial charge is 0.0274 e. The van der Waals surface area contributed by atoms with E-state index in [2.05, 4.69) is 18.8 Å². The van der Waals surface area contributed by atoms with Gasteiger partial charge in [-0.15, -0.1) is 0 Å². The minimum atomic E-state index is 0.620. The van der Waals surface area contributed by atoms with Crippen molar-refractivity contribution >= 4 is 0 Å². The fourth-order valence-corrected chi connectivity index (χ4v) is 1.11. The van der Waals surface area contributed by atoms with Crippen LogP contribution in [0.25, 0.3) is 0 Å². The minimum absolute atomic E-state index is 0.620. The van der Waals surface area contributed by atoms with Crippen molar-refractivity contribution < 1.29 is 0 Å². The highest BCUT2D eigenvalue weighted by molar-refractivity contribution is 5.03. The fraction of sp³-hybridized carbons (Fsp3) is 0.714. The topological polar surface area (TPSA) is 12.0 Å². The van der Waals surface area contributed by atoms with Gasteiger partial charge in [-0.2, -0.15) is 0 Å². The first kappa shape index (κ1) is 5.83. The molecule has 0 aromatic heterocycles. The summed E-state index contributed by atoms with van der Waals surface area (Å²) in [4.78, 5) is 0. The van der Waals surface area contributed by atoms with Crippen molar-refractivity contribution in [1.82, 2.24) is 5.32 Å². The van der Waals surface area contributed by atoms with Gasteiger partial charge >= 0.3 is 0 Å². The van der Waals surface area contributed by atoms with Crippen molar-refractivity contribution in [1.29, 1.82) is 0 Å². The minimum Gasteiger partial charge on any atom is -0.310 e. The van der Waals surface area contributed by atoms with Gasteiger partial charge in [0.25, 0.3) is 0 Å². The SMILES string of the molecule is C=C(C)[C@@H]1CCCN1. The van der Waals surface area contributed by atoms with Crippen molar-refractivity contribution in [2.75, 3.05) is 6.54 Å². The average Bonchev–Trinajstić information content (AvgIpc) is 2.12. The van der Waals surface area contributed by atoms with Gasteiger partial charge in [-0.05, 0) is 26.3 Å². The zero-order chi connectivity index (χ0) is 5.98. The van der Waals surface area contributed by atoms with Gasteiger partial charge in [0.1, 0.15) is 0 Å². The lowest BCUT2D eigenvalue weighted by Crippen LogP contribution is -2.21. The molecule has 1 fully saturated rings. The van der Waals surface area contributed by atoms with E-state index in [1.807, 2.05) is 0 Å². The first-order chi connectivity index (χ1) is 3.80. The van der Waals surface area contributed by atoms with Crippen LogP contribution in [0.5, 0.6) is 0 Å². The maximum absolute atomic E-state index is 3.87. The predicted molar refractivity (Wildman–Crippen MR) is 35.8 cm³/mol. The zero-order valence-electron chi connectivity index (χ0n) is 5.41. The highest BCUT2D eigenvalue weighted by Crippen LogP contribution is 2.10. The Morgan fingerprint density at radius 3 is 2.75 bits per heavy atom. The maximum atomic E-state index is 3.87. The number of nitrogens with one attached hydrogen (secondary N) is 1. The van der Waals surface area contributed by atoms with E-state index in [-0.39, 0.29) is 0 Å². The number of hydrogen-bond acceptors (Lipinski definition) is 1. The highest BCUT2D eigenvalue weighted by Gasteiger charge is 2.12. The monoisotopic (exact) mass is 111 g/mol. The van der Waals surface area contributed by atoms with Crippen LogP contribution in [0.2, 0.25) is 0 Å². The molecular formula is C7H13N. The Labute approximate surface area is 50.8 Å². The van der Waals surface area contributed by atoms with E-state index in [0.717, 1.165) is 0 Å². The third-order valence-corrected chi connectivity index (χ3v) is 1.66. The van der Waals surface area contributed by atoms with E-state index in [0.29, 0.717) is 6.04 Å². The first-order valence-electron chi connectivity index (χ1n) is 3.19. The largest absolute Gasteiger partial charge is 0.310 e. The second kappa shape index (κ2) is 2.31. The van der Waals surface area contributed by atoms with Gasteiger partial charge in [-0.1, -0.05) is 12.2 Å². The van der Waals surface area contributed by atoms with Crippen LogP contribution in [-0.2, 0) is 0 Å². The lowest BCUT2D eigenvalue weighted by Gasteiger charge is -2.06. The predicted octanol–water partition coefficient (Wildman–Crippen LogP) is 1.31. The molecule has 0 radical (unpaired) electrons. The summed E-state index contributed by atoms with van der Waals surface area (Å²) in [6.07, 6.45) is 2.60. The Morgan fingerprint density at radius 1 is 1.75 bits per heavy atom. The third-order valence-electron chi connectivity index (χ3n) is 1.66. The van der Waals surface area contributed by atoms with E-state index in [9.17, 15) is 0 Å². The summed E-state index contributed by atoms with van der Waals surface area (Å²) in [5.74, 6) is 0. The molecule has 1 saturated heterocycles. The van der Waals surface area contributed by atoms with Crippen LogP contribution < -0.4 is 5.32 Å². The second-order valence-electron chi connectivity index (χ2n) is 2.50. The molecule has 0 aromatic carbocycles. The molecule has 1 heteroatoms. The van der Waals surface area contributed by atoms with Crippen molar-refractivity contribution in [3.8, 4) is 0 Å². The molecule has 1 N–H and O–H groups in total. The average molecular weight is 111 g/mol. The lowest BCUT2D eigenvalue weighted by molar-refractivity contribution is 0.692. The van der Waals surface area contributed by atoms with Gasteiger partial charge in [0.05, 0.1) is 0 Å². The van der Waals surface area contributed by atoms with Gasteiger partial charge < -0.3 is 5.32 Å². The van der Waals surface area contributed by atoms with Gasteiger partial charge in [-0.3, -0.25) is 0 Å². The number of rotatable bonds is 1. The van der Waals surface area contributed by atoms with Crippen LogP contribution in [0.15, 0.2) is 12.2 Å². The van der Waals surface area contributed by atoms with Gasteiger partial charge in [0.15, 0.2) is 0 Å². The molecule has 1 nitrogen and oxygen atoms in total. The summed E-state index contributed by atoms with van der Waals surface area (Å²) >= 11 is 0. The summed E-state index contributed by atoms with van der Waals surface area (Å²) < 4.78 is 0. The fourth-order valence-electron chi connectivity index (χ4n) is 1.11. The standard InChI is InChI=1S/C7H13N/c1-6(2)7-4-3-5-8-7/h7-8H,1,3-5H2,2H3/t7-/m0/s1. The van der Waals surface area contributed by atoms with Crippen LogP contribution in [0.4, 0.5) is 0 Å². The molecule has 0 amide bonds. The van der Waals surface area contributed by atoms with Crippen LogP contribution >= 0.6 is 0 Å². The molecule has 8 heavy (non-hydrogen) atoms. The van der Waals surface area contributed by atoms with E-state index < -0.39 is 0 Å².